The molecule has 1 fully saturated rings. The minimum absolute atomic E-state index is 0.244. The highest BCUT2D eigenvalue weighted by Gasteiger charge is 2.51. The molecule has 1 saturated heterocycles. The predicted molar refractivity (Wildman–Crippen MR) is 76.1 cm³/mol. The van der Waals surface area contributed by atoms with Crippen molar-refractivity contribution < 1.29 is 18.8 Å². The molecule has 0 spiro atoms. The molecule has 0 atom stereocenters. The predicted octanol–water partition coefficient (Wildman–Crippen LogP) is 1.70. The normalized spacial score (nSPS) is 23.4. The van der Waals surface area contributed by atoms with Crippen molar-refractivity contribution in [2.24, 2.45) is 0 Å². The first-order valence-electron chi connectivity index (χ1n) is 6.96. The number of ether oxygens (including phenoxy) is 1. The first-order chi connectivity index (χ1) is 9.30. The van der Waals surface area contributed by atoms with Crippen LogP contribution in [0.1, 0.15) is 43.6 Å². The fourth-order valence-corrected chi connectivity index (χ4v) is 2.48. The average Bonchev–Trinajstić information content (AvgIpc) is 2.58. The van der Waals surface area contributed by atoms with Gasteiger partial charge in [-0.05, 0) is 44.8 Å². The topological polar surface area (TPSA) is 44.8 Å². The van der Waals surface area contributed by atoms with Crippen molar-refractivity contribution in [2.45, 2.75) is 45.3 Å². The third kappa shape index (κ3) is 2.05. The van der Waals surface area contributed by atoms with E-state index in [2.05, 4.69) is 0 Å². The molecule has 2 heterocycles. The lowest BCUT2D eigenvalue weighted by Gasteiger charge is -2.32. The van der Waals surface area contributed by atoms with E-state index in [-0.39, 0.29) is 24.3 Å². The second-order valence-electron chi connectivity index (χ2n) is 6.39. The molecule has 1 aromatic rings. The molecule has 20 heavy (non-hydrogen) atoms. The fourth-order valence-electron chi connectivity index (χ4n) is 2.48. The molecular formula is C15H19BO4. The smallest absolute Gasteiger partial charge is 0.462 e. The maximum absolute atomic E-state index is 11.6. The lowest BCUT2D eigenvalue weighted by atomic mass is 9.77. The van der Waals surface area contributed by atoms with E-state index in [1.54, 1.807) is 6.07 Å². The van der Waals surface area contributed by atoms with Crippen LogP contribution in [0.2, 0.25) is 0 Å². The van der Waals surface area contributed by atoms with E-state index in [4.69, 9.17) is 14.0 Å². The van der Waals surface area contributed by atoms with Gasteiger partial charge in [0.15, 0.2) is 0 Å². The van der Waals surface area contributed by atoms with Crippen LogP contribution in [0.5, 0.6) is 0 Å². The van der Waals surface area contributed by atoms with Crippen LogP contribution in [0.4, 0.5) is 0 Å². The average molecular weight is 274 g/mol. The zero-order chi connectivity index (χ0) is 14.5. The number of rotatable bonds is 1. The van der Waals surface area contributed by atoms with E-state index in [9.17, 15) is 4.79 Å². The van der Waals surface area contributed by atoms with Gasteiger partial charge in [0, 0.05) is 6.42 Å². The van der Waals surface area contributed by atoms with Gasteiger partial charge in [0.1, 0.15) is 0 Å². The monoisotopic (exact) mass is 274 g/mol. The third-order valence-electron chi connectivity index (χ3n) is 4.48. The molecule has 0 aliphatic carbocycles. The van der Waals surface area contributed by atoms with Crippen molar-refractivity contribution in [2.75, 3.05) is 6.61 Å². The zero-order valence-electron chi connectivity index (χ0n) is 12.4. The molecule has 0 amide bonds. The molecule has 2 aliphatic rings. The lowest BCUT2D eigenvalue weighted by Crippen LogP contribution is -2.41. The Morgan fingerprint density at radius 1 is 1.10 bits per heavy atom. The van der Waals surface area contributed by atoms with Crippen LogP contribution in [-0.2, 0) is 20.5 Å². The molecule has 5 heteroatoms. The zero-order valence-corrected chi connectivity index (χ0v) is 12.4. The quantitative estimate of drug-likeness (QED) is 0.577. The van der Waals surface area contributed by atoms with Crippen LogP contribution >= 0.6 is 0 Å². The van der Waals surface area contributed by atoms with E-state index in [0.717, 1.165) is 17.4 Å². The first-order valence-corrected chi connectivity index (χ1v) is 6.96. The summed E-state index contributed by atoms with van der Waals surface area (Å²) in [5.74, 6) is -0.244. The molecule has 0 N–H and O–H groups in total. The Hall–Kier alpha value is -1.33. The maximum atomic E-state index is 11.6. The van der Waals surface area contributed by atoms with Crippen LogP contribution in [0.15, 0.2) is 18.2 Å². The molecule has 3 rings (SSSR count). The largest absolute Gasteiger partial charge is 0.494 e. The van der Waals surface area contributed by atoms with Gasteiger partial charge in [0.25, 0.3) is 0 Å². The Kier molecular flexibility index (Phi) is 2.96. The van der Waals surface area contributed by atoms with Crippen molar-refractivity contribution in [3.63, 3.8) is 0 Å². The number of carbonyl (C=O) groups excluding carboxylic acids is 1. The Labute approximate surface area is 119 Å². The van der Waals surface area contributed by atoms with E-state index < -0.39 is 0 Å². The van der Waals surface area contributed by atoms with Gasteiger partial charge in [-0.15, -0.1) is 0 Å². The van der Waals surface area contributed by atoms with Gasteiger partial charge >= 0.3 is 13.1 Å². The standard InChI is InChI=1S/C15H19BO4/c1-14(2)15(3,4)20-16(19-14)11-5-6-12-10(9-11)7-8-18-13(12)17/h5-6,9H,7-8H2,1-4H3. The van der Waals surface area contributed by atoms with E-state index in [0.29, 0.717) is 12.2 Å². The summed E-state index contributed by atoms with van der Waals surface area (Å²) in [6.07, 6.45) is 0.744. The van der Waals surface area contributed by atoms with Gasteiger partial charge in [-0.3, -0.25) is 0 Å². The molecule has 2 aliphatic heterocycles. The molecule has 0 bridgehead atoms. The number of fused-ring (bicyclic) bond motifs is 1. The van der Waals surface area contributed by atoms with Crippen molar-refractivity contribution in [1.29, 1.82) is 0 Å². The molecule has 0 saturated carbocycles. The van der Waals surface area contributed by atoms with Gasteiger partial charge < -0.3 is 14.0 Å². The minimum Gasteiger partial charge on any atom is -0.462 e. The summed E-state index contributed by atoms with van der Waals surface area (Å²) in [6, 6.07) is 5.68. The number of cyclic esters (lactones) is 1. The molecule has 1 aromatic carbocycles. The highest BCUT2D eigenvalue weighted by atomic mass is 16.7. The summed E-state index contributed by atoms with van der Waals surface area (Å²) in [7, 11) is -0.386. The van der Waals surface area contributed by atoms with Crippen molar-refractivity contribution in [3.8, 4) is 0 Å². The van der Waals surface area contributed by atoms with Gasteiger partial charge in [-0.1, -0.05) is 12.1 Å². The summed E-state index contributed by atoms with van der Waals surface area (Å²) in [5.41, 5.74) is 1.90. The summed E-state index contributed by atoms with van der Waals surface area (Å²) < 4.78 is 17.1. The Morgan fingerprint density at radius 3 is 2.40 bits per heavy atom. The first kappa shape index (κ1) is 13.6. The van der Waals surface area contributed by atoms with Gasteiger partial charge in [0.05, 0.1) is 23.4 Å². The number of carbonyl (C=O) groups is 1. The molecule has 4 nitrogen and oxygen atoms in total. The molecule has 0 unspecified atom stereocenters. The number of hydrogen-bond acceptors (Lipinski definition) is 4. The molecule has 0 radical (unpaired) electrons. The summed E-state index contributed by atoms with van der Waals surface area (Å²) in [6.45, 7) is 8.57. The SMILES string of the molecule is CC1(C)OB(c2ccc3c(c2)CCOC3=O)OC1(C)C. The van der Waals surface area contributed by atoms with Crippen LogP contribution in [-0.4, -0.2) is 30.9 Å². The molecule has 106 valence electrons. The highest BCUT2D eigenvalue weighted by molar-refractivity contribution is 6.62. The summed E-state index contributed by atoms with van der Waals surface area (Å²) >= 11 is 0. The van der Waals surface area contributed by atoms with Crippen LogP contribution in [0, 0.1) is 0 Å². The summed E-state index contributed by atoms with van der Waals surface area (Å²) in [4.78, 5) is 11.6. The maximum Gasteiger partial charge on any atom is 0.494 e. The lowest BCUT2D eigenvalue weighted by molar-refractivity contribution is 0.00578. The van der Waals surface area contributed by atoms with Crippen LogP contribution < -0.4 is 5.46 Å². The second kappa shape index (κ2) is 4.33. The summed E-state index contributed by atoms with van der Waals surface area (Å²) in [5, 5.41) is 0. The van der Waals surface area contributed by atoms with E-state index in [1.807, 2.05) is 39.8 Å². The van der Waals surface area contributed by atoms with Gasteiger partial charge in [-0.25, -0.2) is 4.79 Å². The van der Waals surface area contributed by atoms with Crippen molar-refractivity contribution in [3.05, 3.63) is 29.3 Å². The Balaban J connectivity index is 1.92. The van der Waals surface area contributed by atoms with E-state index in [1.165, 1.54) is 0 Å². The number of hydrogen-bond donors (Lipinski definition) is 0. The number of benzene rings is 1. The second-order valence-corrected chi connectivity index (χ2v) is 6.39. The highest BCUT2D eigenvalue weighted by Crippen LogP contribution is 2.36. The fraction of sp³-hybridized carbons (Fsp3) is 0.533. The van der Waals surface area contributed by atoms with Gasteiger partial charge in [0.2, 0.25) is 0 Å². The van der Waals surface area contributed by atoms with Crippen LogP contribution in [0.25, 0.3) is 0 Å². The number of esters is 1. The molecular weight excluding hydrogens is 255 g/mol. The Morgan fingerprint density at radius 2 is 1.75 bits per heavy atom. The van der Waals surface area contributed by atoms with E-state index >= 15 is 0 Å². The van der Waals surface area contributed by atoms with Gasteiger partial charge in [-0.2, -0.15) is 0 Å². The Bertz CT molecular complexity index is 549. The van der Waals surface area contributed by atoms with Crippen molar-refractivity contribution >= 4 is 18.6 Å². The van der Waals surface area contributed by atoms with Crippen molar-refractivity contribution in [1.82, 2.24) is 0 Å². The minimum atomic E-state index is -0.386. The third-order valence-corrected chi connectivity index (χ3v) is 4.48. The van der Waals surface area contributed by atoms with Crippen LogP contribution in [0.3, 0.4) is 0 Å². The molecule has 0 aromatic heterocycles.